The Morgan fingerprint density at radius 1 is 1.16 bits per heavy atom. The molecule has 3 nitrogen and oxygen atoms in total. The molecule has 3 saturated carbocycles. The lowest BCUT2D eigenvalue weighted by atomic mass is 9.46. The van der Waals surface area contributed by atoms with Gasteiger partial charge in [0.25, 0.3) is 0 Å². The molecule has 6 atom stereocenters. The van der Waals surface area contributed by atoms with Crippen molar-refractivity contribution in [1.29, 1.82) is 0 Å². The number of aliphatic hydroxyl groups is 1. The van der Waals surface area contributed by atoms with Crippen molar-refractivity contribution in [2.24, 2.45) is 28.6 Å². The summed E-state index contributed by atoms with van der Waals surface area (Å²) in [6.45, 7) is 6.27. The van der Waals surface area contributed by atoms with E-state index in [0.717, 1.165) is 32.1 Å². The first kappa shape index (κ1) is 17.2. The van der Waals surface area contributed by atoms with Crippen LogP contribution in [0.25, 0.3) is 0 Å². The van der Waals surface area contributed by atoms with Crippen LogP contribution >= 0.6 is 0 Å². The smallest absolute Gasteiger partial charge is 0.178 e. The lowest BCUT2D eigenvalue weighted by molar-refractivity contribution is -0.136. The number of ketones is 2. The van der Waals surface area contributed by atoms with Crippen molar-refractivity contribution in [3.8, 4) is 0 Å². The van der Waals surface area contributed by atoms with Crippen LogP contribution in [0.5, 0.6) is 0 Å². The van der Waals surface area contributed by atoms with E-state index in [4.69, 9.17) is 0 Å². The molecule has 0 aromatic heterocycles. The minimum atomic E-state index is -0.412. The van der Waals surface area contributed by atoms with Crippen LogP contribution in [-0.2, 0) is 9.59 Å². The van der Waals surface area contributed by atoms with Gasteiger partial charge >= 0.3 is 0 Å². The summed E-state index contributed by atoms with van der Waals surface area (Å²) in [6, 6.07) is 0. The van der Waals surface area contributed by atoms with Crippen molar-refractivity contribution in [2.75, 3.05) is 0 Å². The second-order valence-electron chi connectivity index (χ2n) is 9.23. The Kier molecular flexibility index (Phi) is 3.88. The number of hydrogen-bond acceptors (Lipinski definition) is 3. The third-order valence-corrected chi connectivity index (χ3v) is 8.19. The molecule has 0 aromatic rings. The van der Waals surface area contributed by atoms with Gasteiger partial charge in [0.2, 0.25) is 0 Å². The van der Waals surface area contributed by atoms with E-state index in [1.807, 2.05) is 19.1 Å². The first-order valence-corrected chi connectivity index (χ1v) is 9.94. The molecule has 4 aliphatic carbocycles. The predicted molar refractivity (Wildman–Crippen MR) is 96.9 cm³/mol. The van der Waals surface area contributed by atoms with Crippen LogP contribution in [0.1, 0.15) is 65.7 Å². The van der Waals surface area contributed by atoms with Gasteiger partial charge in [-0.2, -0.15) is 0 Å². The lowest BCUT2D eigenvalue weighted by Gasteiger charge is -2.57. The number of Topliss-reactive ketones (excluding diaryl/α,β-unsaturated/α-hetero) is 1. The molecule has 0 saturated heterocycles. The second kappa shape index (κ2) is 5.64. The van der Waals surface area contributed by atoms with Crippen molar-refractivity contribution in [2.45, 2.75) is 71.8 Å². The molecular formula is C22H30O3. The Morgan fingerprint density at radius 3 is 2.64 bits per heavy atom. The molecule has 136 valence electrons. The van der Waals surface area contributed by atoms with Gasteiger partial charge in [0.1, 0.15) is 5.78 Å². The summed E-state index contributed by atoms with van der Waals surface area (Å²) >= 11 is 0. The summed E-state index contributed by atoms with van der Waals surface area (Å²) < 4.78 is 0. The number of rotatable bonds is 2. The minimum Gasteiger partial charge on any atom is -0.393 e. The van der Waals surface area contributed by atoms with E-state index in [1.54, 1.807) is 0 Å². The minimum absolute atomic E-state index is 0.0144. The number of aliphatic hydroxyl groups excluding tert-OH is 1. The van der Waals surface area contributed by atoms with Gasteiger partial charge in [0.15, 0.2) is 5.78 Å². The molecule has 0 spiro atoms. The van der Waals surface area contributed by atoms with Crippen LogP contribution in [0.2, 0.25) is 0 Å². The molecule has 25 heavy (non-hydrogen) atoms. The fraction of sp³-hybridized carbons (Fsp3) is 0.727. The highest BCUT2D eigenvalue weighted by Crippen LogP contribution is 2.65. The summed E-state index contributed by atoms with van der Waals surface area (Å²) in [5.41, 5.74) is 2.22. The Hall–Kier alpha value is -1.22. The average molecular weight is 342 g/mol. The van der Waals surface area contributed by atoms with Crippen molar-refractivity contribution in [3.05, 3.63) is 23.3 Å². The van der Waals surface area contributed by atoms with Crippen LogP contribution in [0.15, 0.2) is 23.3 Å². The first-order chi connectivity index (χ1) is 11.8. The van der Waals surface area contributed by atoms with Crippen molar-refractivity contribution < 1.29 is 14.7 Å². The highest BCUT2D eigenvalue weighted by atomic mass is 16.3. The molecule has 3 fully saturated rings. The Labute approximate surface area is 150 Å². The van der Waals surface area contributed by atoms with E-state index in [-0.39, 0.29) is 16.6 Å². The summed E-state index contributed by atoms with van der Waals surface area (Å²) in [5.74, 6) is 2.01. The molecule has 1 unspecified atom stereocenters. The summed E-state index contributed by atoms with van der Waals surface area (Å²) in [6.07, 6.45) is 9.60. The van der Waals surface area contributed by atoms with Gasteiger partial charge in [-0.05, 0) is 82.3 Å². The molecule has 0 aromatic carbocycles. The van der Waals surface area contributed by atoms with Gasteiger partial charge < -0.3 is 5.11 Å². The van der Waals surface area contributed by atoms with Crippen LogP contribution in [0, 0.1) is 28.6 Å². The van der Waals surface area contributed by atoms with Gasteiger partial charge in [-0.1, -0.05) is 18.1 Å². The maximum Gasteiger partial charge on any atom is 0.178 e. The number of hydrogen-bond donors (Lipinski definition) is 1. The molecule has 0 heterocycles. The maximum atomic E-state index is 12.8. The fourth-order valence-corrected chi connectivity index (χ4v) is 7.05. The molecule has 0 amide bonds. The van der Waals surface area contributed by atoms with E-state index in [1.165, 1.54) is 11.1 Å². The van der Waals surface area contributed by atoms with E-state index in [9.17, 15) is 14.7 Å². The SMILES string of the molecule is CC1=CC(=O)C=C2CC[C@H]3[C@@H]4CCC(=O)[C@@]4(CC(C)O)CC[C@@H]3[C@@]12C. The second-order valence-corrected chi connectivity index (χ2v) is 9.23. The van der Waals surface area contributed by atoms with Gasteiger partial charge in [-0.3, -0.25) is 9.59 Å². The molecule has 0 bridgehead atoms. The largest absolute Gasteiger partial charge is 0.393 e. The van der Waals surface area contributed by atoms with Crippen LogP contribution < -0.4 is 0 Å². The molecule has 4 rings (SSSR count). The number of carbonyl (C=O) groups is 2. The van der Waals surface area contributed by atoms with E-state index in [0.29, 0.717) is 36.4 Å². The molecule has 0 aliphatic heterocycles. The Balaban J connectivity index is 1.72. The first-order valence-electron chi connectivity index (χ1n) is 9.94. The van der Waals surface area contributed by atoms with Crippen LogP contribution in [0.4, 0.5) is 0 Å². The number of fused-ring (bicyclic) bond motifs is 5. The van der Waals surface area contributed by atoms with Crippen molar-refractivity contribution in [1.82, 2.24) is 0 Å². The van der Waals surface area contributed by atoms with E-state index >= 15 is 0 Å². The zero-order valence-corrected chi connectivity index (χ0v) is 15.7. The highest BCUT2D eigenvalue weighted by Gasteiger charge is 2.61. The third-order valence-electron chi connectivity index (χ3n) is 8.19. The van der Waals surface area contributed by atoms with Crippen molar-refractivity contribution >= 4 is 11.6 Å². The molecule has 1 N–H and O–H groups in total. The standard InChI is InChI=1S/C22H30O3/c1-13-10-16(24)11-15-4-5-17-18(21(13,15)3)8-9-22(12-14(2)23)19(17)6-7-20(22)25/h10-11,14,17-19,23H,4-9,12H2,1-3H3/t14?,17-,18+,19+,21+,22-/m1/s1. The van der Waals surface area contributed by atoms with Gasteiger partial charge in [0.05, 0.1) is 6.10 Å². The molecule has 3 heteroatoms. The lowest BCUT2D eigenvalue weighted by Crippen LogP contribution is -2.52. The zero-order chi connectivity index (χ0) is 18.0. The van der Waals surface area contributed by atoms with Gasteiger partial charge in [-0.25, -0.2) is 0 Å². The summed E-state index contributed by atoms with van der Waals surface area (Å²) in [7, 11) is 0. The maximum absolute atomic E-state index is 12.8. The van der Waals surface area contributed by atoms with Crippen molar-refractivity contribution in [3.63, 3.8) is 0 Å². The third kappa shape index (κ3) is 2.27. The van der Waals surface area contributed by atoms with E-state index in [2.05, 4.69) is 13.8 Å². The summed E-state index contributed by atoms with van der Waals surface area (Å²) in [5, 5.41) is 10.1. The predicted octanol–water partition coefficient (Wildman–Crippen LogP) is 4.00. The summed E-state index contributed by atoms with van der Waals surface area (Å²) in [4.78, 5) is 24.8. The van der Waals surface area contributed by atoms with Gasteiger partial charge in [-0.15, -0.1) is 0 Å². The quantitative estimate of drug-likeness (QED) is 0.825. The van der Waals surface area contributed by atoms with E-state index < -0.39 is 6.10 Å². The van der Waals surface area contributed by atoms with Gasteiger partial charge in [0, 0.05) is 17.3 Å². The van der Waals surface area contributed by atoms with Crippen LogP contribution in [-0.4, -0.2) is 22.8 Å². The zero-order valence-electron chi connectivity index (χ0n) is 15.7. The average Bonchev–Trinajstić information content (AvgIpc) is 2.85. The fourth-order valence-electron chi connectivity index (χ4n) is 7.05. The monoisotopic (exact) mass is 342 g/mol. The molecule has 4 aliphatic rings. The topological polar surface area (TPSA) is 54.4 Å². The Bertz CT molecular complexity index is 685. The highest BCUT2D eigenvalue weighted by molar-refractivity contribution is 6.02. The number of allylic oxidation sites excluding steroid dienone is 4. The Morgan fingerprint density at radius 2 is 1.92 bits per heavy atom. The van der Waals surface area contributed by atoms with Crippen LogP contribution in [0.3, 0.4) is 0 Å². The normalized spacial score (nSPS) is 44.4. The molecular weight excluding hydrogens is 312 g/mol. The number of carbonyl (C=O) groups excluding carboxylic acids is 2. The molecule has 0 radical (unpaired) electrons.